The molecule has 0 amide bonds. The molecule has 52 valence electrons. The number of nitrogens with zero attached hydrogens (tertiary/aromatic N) is 1. The van der Waals surface area contributed by atoms with Crippen LogP contribution in [0.2, 0.25) is 0 Å². The van der Waals surface area contributed by atoms with Crippen LogP contribution >= 0.6 is 0 Å². The molecule has 0 N–H and O–H groups in total. The first-order valence-electron chi connectivity index (χ1n) is 3.18. The van der Waals surface area contributed by atoms with Crippen LogP contribution in [0.4, 0.5) is 0 Å². The van der Waals surface area contributed by atoms with Gasteiger partial charge in [-0.2, -0.15) is 0 Å². The number of hydrogen-bond donors (Lipinski definition) is 0. The third kappa shape index (κ3) is 3.08. The van der Waals surface area contributed by atoms with Gasteiger partial charge in [0, 0.05) is 13.2 Å². The van der Waals surface area contributed by atoms with Crippen molar-refractivity contribution >= 4 is 6.40 Å². The molecule has 3 heteroatoms. The number of aliphatic imine (C=N–C) groups is 1. The molecular formula is C6H11NO2. The molecule has 9 heavy (non-hydrogen) atoms. The topological polar surface area (TPSA) is 30.8 Å². The van der Waals surface area contributed by atoms with Crippen molar-refractivity contribution in [1.82, 2.24) is 0 Å². The highest BCUT2D eigenvalue weighted by Gasteiger charge is 1.94. The van der Waals surface area contributed by atoms with Gasteiger partial charge in [0.15, 0.2) is 6.40 Å². The molecule has 3 nitrogen and oxygen atoms in total. The lowest BCUT2D eigenvalue weighted by Crippen LogP contribution is -2.09. The average molecular weight is 129 g/mol. The fourth-order valence-electron chi connectivity index (χ4n) is 0.408. The Morgan fingerprint density at radius 2 is 1.89 bits per heavy atom. The highest BCUT2D eigenvalue weighted by atomic mass is 16.5. The van der Waals surface area contributed by atoms with Gasteiger partial charge in [-0.1, -0.05) is 0 Å². The molecule has 0 spiro atoms. The van der Waals surface area contributed by atoms with E-state index in [1.165, 1.54) is 12.8 Å². The van der Waals surface area contributed by atoms with E-state index in [-0.39, 0.29) is 0 Å². The van der Waals surface area contributed by atoms with E-state index in [0.29, 0.717) is 0 Å². The van der Waals surface area contributed by atoms with E-state index in [0.717, 1.165) is 26.4 Å². The Morgan fingerprint density at radius 1 is 1.22 bits per heavy atom. The molecule has 0 atom stereocenters. The van der Waals surface area contributed by atoms with Gasteiger partial charge in [-0.3, -0.25) is 4.99 Å². The maximum absolute atomic E-state index is 4.72. The van der Waals surface area contributed by atoms with Crippen LogP contribution in [-0.2, 0) is 9.47 Å². The highest BCUT2D eigenvalue weighted by Crippen LogP contribution is 1.93. The van der Waals surface area contributed by atoms with Crippen LogP contribution in [-0.4, -0.2) is 32.8 Å². The predicted octanol–water partition coefficient (Wildman–Crippen LogP) is 0.452. The quantitative estimate of drug-likeness (QED) is 0.475. The predicted molar refractivity (Wildman–Crippen MR) is 34.7 cm³/mol. The van der Waals surface area contributed by atoms with E-state index in [4.69, 9.17) is 4.74 Å². The SMILES string of the molecule is C1=NCCO1.C1COC1. The van der Waals surface area contributed by atoms with Crippen molar-refractivity contribution < 1.29 is 9.47 Å². The summed E-state index contributed by atoms with van der Waals surface area (Å²) in [5.41, 5.74) is 0. The summed E-state index contributed by atoms with van der Waals surface area (Å²) in [5.74, 6) is 0. The molecule has 0 bridgehead atoms. The molecule has 2 rings (SSSR count). The standard InChI is InChI=1S/C3H5NO.C3H6O/c1-2-5-3-4-1;1-2-4-3-1/h3H,1-2H2;1-3H2. The van der Waals surface area contributed by atoms with Gasteiger partial charge in [0.2, 0.25) is 0 Å². The molecule has 0 radical (unpaired) electrons. The minimum Gasteiger partial charge on any atom is -0.482 e. The zero-order valence-corrected chi connectivity index (χ0v) is 5.38. The summed E-state index contributed by atoms with van der Waals surface area (Å²) in [6, 6.07) is 0. The third-order valence-corrected chi connectivity index (χ3v) is 1.06. The van der Waals surface area contributed by atoms with Gasteiger partial charge in [-0.05, 0) is 6.42 Å². The third-order valence-electron chi connectivity index (χ3n) is 1.06. The summed E-state index contributed by atoms with van der Waals surface area (Å²) >= 11 is 0. The van der Waals surface area contributed by atoms with Crippen molar-refractivity contribution in [2.75, 3.05) is 26.4 Å². The van der Waals surface area contributed by atoms with Gasteiger partial charge < -0.3 is 9.47 Å². The van der Waals surface area contributed by atoms with Gasteiger partial charge in [0.05, 0.1) is 6.54 Å². The molecule has 1 saturated heterocycles. The summed E-state index contributed by atoms with van der Waals surface area (Å²) in [7, 11) is 0. The minimum absolute atomic E-state index is 0.778. The van der Waals surface area contributed by atoms with Crippen molar-refractivity contribution in [1.29, 1.82) is 0 Å². The van der Waals surface area contributed by atoms with Gasteiger partial charge >= 0.3 is 0 Å². The Hall–Kier alpha value is -0.570. The monoisotopic (exact) mass is 129 g/mol. The van der Waals surface area contributed by atoms with Gasteiger partial charge in [0.25, 0.3) is 0 Å². The zero-order chi connectivity index (χ0) is 6.36. The number of rotatable bonds is 0. The largest absolute Gasteiger partial charge is 0.482 e. The van der Waals surface area contributed by atoms with E-state index in [1.807, 2.05) is 0 Å². The van der Waals surface area contributed by atoms with Crippen LogP contribution in [0.1, 0.15) is 6.42 Å². The lowest BCUT2D eigenvalue weighted by atomic mass is 10.4. The molecule has 0 saturated carbocycles. The highest BCUT2D eigenvalue weighted by molar-refractivity contribution is 5.47. The van der Waals surface area contributed by atoms with Crippen LogP contribution in [0.25, 0.3) is 0 Å². The van der Waals surface area contributed by atoms with Gasteiger partial charge in [-0.25, -0.2) is 0 Å². The molecular weight excluding hydrogens is 118 g/mol. The van der Waals surface area contributed by atoms with E-state index < -0.39 is 0 Å². The van der Waals surface area contributed by atoms with Crippen LogP contribution in [0.5, 0.6) is 0 Å². The smallest absolute Gasteiger partial charge is 0.169 e. The summed E-state index contributed by atoms with van der Waals surface area (Å²) in [6.07, 6.45) is 2.76. The van der Waals surface area contributed by atoms with Crippen LogP contribution in [0.3, 0.4) is 0 Å². The molecule has 0 unspecified atom stereocenters. The lowest BCUT2D eigenvalue weighted by Gasteiger charge is -2.09. The van der Waals surface area contributed by atoms with Crippen molar-refractivity contribution in [2.45, 2.75) is 6.42 Å². The first kappa shape index (κ1) is 6.55. The van der Waals surface area contributed by atoms with Crippen LogP contribution < -0.4 is 0 Å². The summed E-state index contributed by atoms with van der Waals surface area (Å²) in [6.45, 7) is 3.62. The second kappa shape index (κ2) is 4.32. The van der Waals surface area contributed by atoms with Crippen molar-refractivity contribution in [3.05, 3.63) is 0 Å². The fraction of sp³-hybridized carbons (Fsp3) is 0.833. The molecule has 0 aliphatic carbocycles. The van der Waals surface area contributed by atoms with Gasteiger partial charge in [-0.15, -0.1) is 0 Å². The Kier molecular flexibility index (Phi) is 3.15. The van der Waals surface area contributed by atoms with E-state index in [9.17, 15) is 0 Å². The normalized spacial score (nSPS) is 21.3. The molecule has 1 fully saturated rings. The number of ether oxygens (including phenoxy) is 2. The number of hydrogen-bond acceptors (Lipinski definition) is 3. The van der Waals surface area contributed by atoms with Crippen molar-refractivity contribution in [3.8, 4) is 0 Å². The maximum atomic E-state index is 4.72. The molecule has 0 aromatic rings. The Bertz CT molecular complexity index is 79.1. The van der Waals surface area contributed by atoms with E-state index in [2.05, 4.69) is 9.73 Å². The molecule has 2 aliphatic heterocycles. The molecule has 2 aliphatic rings. The summed E-state index contributed by atoms with van der Waals surface area (Å²) in [5, 5.41) is 0. The van der Waals surface area contributed by atoms with E-state index in [1.54, 1.807) is 0 Å². The van der Waals surface area contributed by atoms with Crippen LogP contribution in [0, 0.1) is 0 Å². The minimum atomic E-state index is 0.778. The Balaban J connectivity index is 0.0000000922. The first-order valence-corrected chi connectivity index (χ1v) is 3.18. The van der Waals surface area contributed by atoms with Crippen molar-refractivity contribution in [3.63, 3.8) is 0 Å². The van der Waals surface area contributed by atoms with Gasteiger partial charge in [0.1, 0.15) is 6.61 Å². The van der Waals surface area contributed by atoms with Crippen molar-refractivity contribution in [2.24, 2.45) is 4.99 Å². The molecule has 0 aromatic heterocycles. The first-order chi connectivity index (χ1) is 4.50. The summed E-state index contributed by atoms with van der Waals surface area (Å²) < 4.78 is 9.38. The average Bonchev–Trinajstić information content (AvgIpc) is 2.07. The van der Waals surface area contributed by atoms with Crippen LogP contribution in [0.15, 0.2) is 4.99 Å². The lowest BCUT2D eigenvalue weighted by molar-refractivity contribution is 0.0367. The fourth-order valence-corrected chi connectivity index (χ4v) is 0.408. The zero-order valence-electron chi connectivity index (χ0n) is 5.38. The molecule has 0 aromatic carbocycles. The summed E-state index contributed by atoms with van der Waals surface area (Å²) in [4.78, 5) is 3.74. The maximum Gasteiger partial charge on any atom is 0.169 e. The van der Waals surface area contributed by atoms with E-state index >= 15 is 0 Å². The second-order valence-electron chi connectivity index (χ2n) is 1.85. The second-order valence-corrected chi connectivity index (χ2v) is 1.85. The Morgan fingerprint density at radius 3 is 2.00 bits per heavy atom. The Labute approximate surface area is 54.7 Å². The molecule has 2 heterocycles.